The summed E-state index contributed by atoms with van der Waals surface area (Å²) in [5, 5.41) is 10.3. The quantitative estimate of drug-likeness (QED) is 0.782. The van der Waals surface area contributed by atoms with Crippen LogP contribution in [-0.4, -0.2) is 58.5 Å². The van der Waals surface area contributed by atoms with Gasteiger partial charge >= 0.3 is 5.97 Å². The predicted molar refractivity (Wildman–Crippen MR) is 98.2 cm³/mol. The minimum absolute atomic E-state index is 0.00655. The Morgan fingerprint density at radius 2 is 1.89 bits per heavy atom. The van der Waals surface area contributed by atoms with E-state index in [4.69, 9.17) is 9.47 Å². The molecule has 1 fully saturated rings. The number of aromatic nitrogens is 3. The number of rotatable bonds is 6. The summed E-state index contributed by atoms with van der Waals surface area (Å²) in [5.41, 5.74) is 1.26. The molecule has 27 heavy (non-hydrogen) atoms. The Kier molecular flexibility index (Phi) is 6.05. The second-order valence-corrected chi connectivity index (χ2v) is 6.62. The van der Waals surface area contributed by atoms with Crippen LogP contribution in [0.4, 0.5) is 0 Å². The van der Waals surface area contributed by atoms with Crippen LogP contribution in [0.25, 0.3) is 11.3 Å². The standard InChI is InChI=1S/C19H24N4O4/c1-3-26-19(25)18-17(20-22-21-18)14-4-6-15(7-5-14)27-12-16(24)23-10-8-13(2)9-11-23/h4-7,13H,3,8-12H2,1-2H3,(H,20,21,22). The highest BCUT2D eigenvalue weighted by Gasteiger charge is 2.21. The lowest BCUT2D eigenvalue weighted by Crippen LogP contribution is -2.40. The van der Waals surface area contributed by atoms with Crippen molar-refractivity contribution in [1.29, 1.82) is 0 Å². The van der Waals surface area contributed by atoms with Crippen molar-refractivity contribution >= 4 is 11.9 Å². The molecule has 0 bridgehead atoms. The smallest absolute Gasteiger partial charge is 0.361 e. The second-order valence-electron chi connectivity index (χ2n) is 6.62. The van der Waals surface area contributed by atoms with Gasteiger partial charge < -0.3 is 14.4 Å². The molecule has 2 heterocycles. The lowest BCUT2D eigenvalue weighted by molar-refractivity contribution is -0.134. The maximum absolute atomic E-state index is 12.2. The first kappa shape index (κ1) is 18.9. The van der Waals surface area contributed by atoms with Gasteiger partial charge in [0.2, 0.25) is 0 Å². The van der Waals surface area contributed by atoms with Crippen LogP contribution in [0.2, 0.25) is 0 Å². The van der Waals surface area contributed by atoms with Crippen molar-refractivity contribution in [2.45, 2.75) is 26.7 Å². The fourth-order valence-electron chi connectivity index (χ4n) is 2.98. The van der Waals surface area contributed by atoms with Gasteiger partial charge in [-0.15, -0.1) is 5.10 Å². The third-order valence-electron chi connectivity index (χ3n) is 4.64. The Hall–Kier alpha value is -2.90. The van der Waals surface area contributed by atoms with Crippen LogP contribution in [0.5, 0.6) is 5.75 Å². The van der Waals surface area contributed by atoms with Crippen molar-refractivity contribution in [2.75, 3.05) is 26.3 Å². The summed E-state index contributed by atoms with van der Waals surface area (Å²) in [5.74, 6) is 0.743. The Morgan fingerprint density at radius 3 is 2.56 bits per heavy atom. The summed E-state index contributed by atoms with van der Waals surface area (Å²) in [6.07, 6.45) is 2.09. The van der Waals surface area contributed by atoms with Crippen molar-refractivity contribution in [3.05, 3.63) is 30.0 Å². The largest absolute Gasteiger partial charge is 0.484 e. The van der Waals surface area contributed by atoms with E-state index in [1.165, 1.54) is 0 Å². The summed E-state index contributed by atoms with van der Waals surface area (Å²) in [7, 11) is 0. The van der Waals surface area contributed by atoms with Crippen LogP contribution in [-0.2, 0) is 9.53 Å². The Morgan fingerprint density at radius 1 is 1.19 bits per heavy atom. The van der Waals surface area contributed by atoms with Crippen LogP contribution in [0, 0.1) is 5.92 Å². The normalized spacial score (nSPS) is 14.8. The minimum Gasteiger partial charge on any atom is -0.484 e. The molecule has 0 aliphatic carbocycles. The average molecular weight is 372 g/mol. The Labute approximate surface area is 157 Å². The number of likely N-dealkylation sites (tertiary alicyclic amines) is 1. The highest BCUT2D eigenvalue weighted by molar-refractivity contribution is 5.93. The van der Waals surface area contributed by atoms with Gasteiger partial charge in [-0.05, 0) is 49.9 Å². The number of piperidine rings is 1. The number of carbonyl (C=O) groups excluding carboxylic acids is 2. The number of H-pyrrole nitrogens is 1. The number of amides is 1. The van der Waals surface area contributed by atoms with Crippen molar-refractivity contribution < 1.29 is 19.1 Å². The average Bonchev–Trinajstić information content (AvgIpc) is 3.17. The molecular formula is C19H24N4O4. The van der Waals surface area contributed by atoms with Crippen LogP contribution in [0.3, 0.4) is 0 Å². The van der Waals surface area contributed by atoms with Gasteiger partial charge in [0.25, 0.3) is 5.91 Å². The number of ether oxygens (including phenoxy) is 2. The van der Waals surface area contributed by atoms with Gasteiger partial charge in [-0.25, -0.2) is 4.79 Å². The molecule has 8 heteroatoms. The summed E-state index contributed by atoms with van der Waals surface area (Å²) in [6, 6.07) is 7.01. The summed E-state index contributed by atoms with van der Waals surface area (Å²) >= 11 is 0. The van der Waals surface area contributed by atoms with Gasteiger partial charge in [0.1, 0.15) is 11.4 Å². The topological polar surface area (TPSA) is 97.4 Å². The summed E-state index contributed by atoms with van der Waals surface area (Å²) in [6.45, 7) is 5.82. The molecular weight excluding hydrogens is 348 g/mol. The SMILES string of the molecule is CCOC(=O)c1n[nH]nc1-c1ccc(OCC(=O)N2CCC(C)CC2)cc1. The molecule has 1 saturated heterocycles. The molecule has 8 nitrogen and oxygen atoms in total. The van der Waals surface area contributed by atoms with E-state index in [1.54, 1.807) is 31.2 Å². The number of hydrogen-bond donors (Lipinski definition) is 1. The molecule has 1 N–H and O–H groups in total. The van der Waals surface area contributed by atoms with E-state index >= 15 is 0 Å². The van der Waals surface area contributed by atoms with Gasteiger partial charge in [-0.3, -0.25) is 4.79 Å². The maximum atomic E-state index is 12.2. The zero-order valence-electron chi connectivity index (χ0n) is 15.6. The van der Waals surface area contributed by atoms with Gasteiger partial charge in [0.05, 0.1) is 6.61 Å². The Bertz CT molecular complexity index is 779. The highest BCUT2D eigenvalue weighted by Crippen LogP contribution is 2.23. The van der Waals surface area contributed by atoms with E-state index in [2.05, 4.69) is 22.3 Å². The number of aromatic amines is 1. The van der Waals surface area contributed by atoms with Crippen molar-refractivity contribution in [2.24, 2.45) is 5.92 Å². The van der Waals surface area contributed by atoms with Crippen molar-refractivity contribution in [1.82, 2.24) is 20.3 Å². The van der Waals surface area contributed by atoms with Gasteiger partial charge in [0.15, 0.2) is 12.3 Å². The number of carbonyl (C=O) groups is 2. The number of nitrogens with zero attached hydrogens (tertiary/aromatic N) is 3. The highest BCUT2D eigenvalue weighted by atomic mass is 16.5. The molecule has 0 radical (unpaired) electrons. The summed E-state index contributed by atoms with van der Waals surface area (Å²) < 4.78 is 10.6. The van der Waals surface area contributed by atoms with Crippen molar-refractivity contribution in [3.8, 4) is 17.0 Å². The molecule has 0 unspecified atom stereocenters. The lowest BCUT2D eigenvalue weighted by Gasteiger charge is -2.30. The van der Waals surface area contributed by atoms with E-state index in [1.807, 2.05) is 4.90 Å². The van der Waals surface area contributed by atoms with Crippen LogP contribution < -0.4 is 4.74 Å². The first-order chi connectivity index (χ1) is 13.1. The first-order valence-corrected chi connectivity index (χ1v) is 9.17. The zero-order chi connectivity index (χ0) is 19.2. The molecule has 1 aliphatic heterocycles. The van der Waals surface area contributed by atoms with Gasteiger partial charge in [-0.2, -0.15) is 10.3 Å². The van der Waals surface area contributed by atoms with E-state index in [-0.39, 0.29) is 24.8 Å². The molecule has 2 aromatic rings. The van der Waals surface area contributed by atoms with E-state index in [9.17, 15) is 9.59 Å². The van der Waals surface area contributed by atoms with Crippen LogP contribution >= 0.6 is 0 Å². The Balaban J connectivity index is 1.59. The maximum Gasteiger partial charge on any atom is 0.361 e. The monoisotopic (exact) mass is 372 g/mol. The first-order valence-electron chi connectivity index (χ1n) is 9.17. The molecule has 1 aromatic heterocycles. The van der Waals surface area contributed by atoms with Crippen LogP contribution in [0.15, 0.2) is 24.3 Å². The minimum atomic E-state index is -0.525. The predicted octanol–water partition coefficient (Wildman–Crippen LogP) is 2.29. The second kappa shape index (κ2) is 8.66. The van der Waals surface area contributed by atoms with Crippen LogP contribution in [0.1, 0.15) is 37.2 Å². The van der Waals surface area contributed by atoms with E-state index in [0.717, 1.165) is 25.9 Å². The molecule has 1 aliphatic rings. The van der Waals surface area contributed by atoms with Crippen molar-refractivity contribution in [3.63, 3.8) is 0 Å². The molecule has 0 saturated carbocycles. The number of benzene rings is 1. The van der Waals surface area contributed by atoms with Gasteiger partial charge in [-0.1, -0.05) is 6.92 Å². The molecule has 0 atom stereocenters. The third-order valence-corrected chi connectivity index (χ3v) is 4.64. The zero-order valence-corrected chi connectivity index (χ0v) is 15.6. The third kappa shape index (κ3) is 4.64. The lowest BCUT2D eigenvalue weighted by atomic mass is 9.99. The number of hydrogen-bond acceptors (Lipinski definition) is 6. The fraction of sp³-hybridized carbons (Fsp3) is 0.474. The fourth-order valence-corrected chi connectivity index (χ4v) is 2.98. The molecule has 144 valence electrons. The molecule has 1 amide bonds. The van der Waals surface area contributed by atoms with E-state index in [0.29, 0.717) is 22.9 Å². The number of nitrogens with one attached hydrogen (secondary N) is 1. The van der Waals surface area contributed by atoms with Gasteiger partial charge in [0, 0.05) is 18.7 Å². The molecule has 3 rings (SSSR count). The van der Waals surface area contributed by atoms with E-state index < -0.39 is 5.97 Å². The molecule has 1 aromatic carbocycles. The summed E-state index contributed by atoms with van der Waals surface area (Å²) in [4.78, 5) is 26.0. The number of esters is 1. The molecule has 0 spiro atoms.